The number of esters is 1. The number of hydrogen-bond acceptors (Lipinski definition) is 5. The number of aliphatic hydroxyl groups is 1. The Labute approximate surface area is 166 Å². The number of aliphatic hydroxyl groups excluding tert-OH is 1. The predicted molar refractivity (Wildman–Crippen MR) is 104 cm³/mol. The summed E-state index contributed by atoms with van der Waals surface area (Å²) in [5.41, 5.74) is -0.609. The van der Waals surface area contributed by atoms with Gasteiger partial charge in [0, 0.05) is 24.6 Å². The lowest BCUT2D eigenvalue weighted by Gasteiger charge is -2.35. The van der Waals surface area contributed by atoms with E-state index in [-0.39, 0.29) is 24.3 Å². The van der Waals surface area contributed by atoms with Crippen LogP contribution in [0.4, 0.5) is 4.39 Å². The van der Waals surface area contributed by atoms with E-state index in [0.717, 1.165) is 5.56 Å². The van der Waals surface area contributed by atoms with Crippen molar-refractivity contribution in [2.45, 2.75) is 45.2 Å². The van der Waals surface area contributed by atoms with Crippen molar-refractivity contribution in [3.05, 3.63) is 35.6 Å². The van der Waals surface area contributed by atoms with E-state index in [0.29, 0.717) is 19.4 Å². The number of likely N-dealkylation sites (N-methyl/N-ethyl adjacent to an activating group) is 1. The summed E-state index contributed by atoms with van der Waals surface area (Å²) in [6.07, 6.45) is 0.792. The summed E-state index contributed by atoms with van der Waals surface area (Å²) in [5, 5.41) is 12.4. The van der Waals surface area contributed by atoms with Gasteiger partial charge in [0.25, 0.3) is 0 Å². The molecule has 1 aromatic rings. The maximum atomic E-state index is 13.4. The second kappa shape index (κ2) is 8.57. The Bertz CT molecular complexity index is 707. The molecule has 3 atom stereocenters. The fraction of sp³-hybridized carbons (Fsp3) is 0.619. The normalized spacial score (nSPS) is 25.5. The van der Waals surface area contributed by atoms with Gasteiger partial charge in [0.15, 0.2) is 0 Å². The second-order valence-corrected chi connectivity index (χ2v) is 8.33. The number of ether oxygens (including phenoxy) is 1. The maximum Gasteiger partial charge on any atom is 0.326 e. The van der Waals surface area contributed by atoms with Crippen LogP contribution in [-0.4, -0.2) is 54.7 Å². The average Bonchev–Trinajstić information content (AvgIpc) is 3.00. The van der Waals surface area contributed by atoms with Crippen molar-refractivity contribution in [1.82, 2.24) is 10.2 Å². The molecule has 2 N–H and O–H groups in total. The summed E-state index contributed by atoms with van der Waals surface area (Å²) >= 11 is 0. The highest BCUT2D eigenvalue weighted by Crippen LogP contribution is 2.48. The number of carbonyl (C=O) groups is 2. The molecule has 156 valence electrons. The minimum atomic E-state index is -0.928. The van der Waals surface area contributed by atoms with E-state index >= 15 is 0 Å². The van der Waals surface area contributed by atoms with Crippen LogP contribution in [0.25, 0.3) is 0 Å². The second-order valence-electron chi connectivity index (χ2n) is 8.33. The molecule has 0 bridgehead atoms. The van der Waals surface area contributed by atoms with E-state index in [2.05, 4.69) is 5.32 Å². The van der Waals surface area contributed by atoms with Gasteiger partial charge in [0.1, 0.15) is 11.4 Å². The number of likely N-dealkylation sites (tertiary alicyclic amines) is 1. The van der Waals surface area contributed by atoms with Gasteiger partial charge in [0.2, 0.25) is 5.91 Å². The fourth-order valence-electron chi connectivity index (χ4n) is 3.98. The van der Waals surface area contributed by atoms with Gasteiger partial charge in [-0.3, -0.25) is 14.5 Å². The molecule has 0 aromatic heterocycles. The lowest BCUT2D eigenvalue weighted by molar-refractivity contribution is -0.153. The van der Waals surface area contributed by atoms with Crippen LogP contribution in [-0.2, 0) is 14.3 Å². The molecule has 7 heteroatoms. The zero-order valence-electron chi connectivity index (χ0n) is 17.3. The number of benzene rings is 1. The van der Waals surface area contributed by atoms with Gasteiger partial charge in [-0.05, 0) is 37.6 Å². The van der Waals surface area contributed by atoms with Crippen LogP contribution in [0.1, 0.15) is 45.2 Å². The SMILES string of the molecule is CC[C@@]1(C(=O)OC)C[C@H](C(=O)NCC(C)(C)CO)[C@H](c2ccc(F)cc2)N1C. The maximum absolute atomic E-state index is 13.4. The molecular weight excluding hydrogens is 363 g/mol. The van der Waals surface area contributed by atoms with E-state index in [1.807, 2.05) is 25.7 Å². The first-order valence-corrected chi connectivity index (χ1v) is 9.57. The monoisotopic (exact) mass is 394 g/mol. The molecule has 28 heavy (non-hydrogen) atoms. The van der Waals surface area contributed by atoms with E-state index in [9.17, 15) is 19.1 Å². The number of carbonyl (C=O) groups excluding carboxylic acids is 2. The van der Waals surface area contributed by atoms with Crippen molar-refractivity contribution in [3.8, 4) is 0 Å². The summed E-state index contributed by atoms with van der Waals surface area (Å²) < 4.78 is 18.5. The van der Waals surface area contributed by atoms with Crippen molar-refractivity contribution in [2.24, 2.45) is 11.3 Å². The first-order chi connectivity index (χ1) is 13.1. The molecule has 0 spiro atoms. The van der Waals surface area contributed by atoms with Crippen LogP contribution >= 0.6 is 0 Å². The topological polar surface area (TPSA) is 78.9 Å². The third-order valence-electron chi connectivity index (χ3n) is 5.90. The molecule has 1 aliphatic heterocycles. The van der Waals surface area contributed by atoms with E-state index in [1.165, 1.54) is 19.2 Å². The Morgan fingerprint density at radius 3 is 2.46 bits per heavy atom. The van der Waals surface area contributed by atoms with Crippen molar-refractivity contribution in [1.29, 1.82) is 0 Å². The number of rotatable bonds is 7. The number of methoxy groups -OCH3 is 1. The molecule has 1 fully saturated rings. The van der Waals surface area contributed by atoms with Gasteiger partial charge in [-0.25, -0.2) is 4.39 Å². The third-order valence-corrected chi connectivity index (χ3v) is 5.90. The molecule has 2 rings (SSSR count). The summed E-state index contributed by atoms with van der Waals surface area (Å²) in [6.45, 7) is 5.87. The van der Waals surface area contributed by atoms with Crippen molar-refractivity contribution in [2.75, 3.05) is 27.3 Å². The van der Waals surface area contributed by atoms with E-state index in [1.54, 1.807) is 19.2 Å². The standard InChI is InChI=1S/C21H31FN2O4/c1-6-21(19(27)28-5)11-16(18(26)23-12-20(2,3)13-25)17(24(21)4)14-7-9-15(22)10-8-14/h7-10,16-17,25H,6,11-13H2,1-5H3,(H,23,26)/t16-,17-,21-/m0/s1. The summed E-state index contributed by atoms with van der Waals surface area (Å²) in [4.78, 5) is 27.6. The highest BCUT2D eigenvalue weighted by Gasteiger charge is 2.56. The molecule has 0 unspecified atom stereocenters. The van der Waals surface area contributed by atoms with Crippen molar-refractivity contribution < 1.29 is 23.8 Å². The largest absolute Gasteiger partial charge is 0.468 e. The summed E-state index contributed by atoms with van der Waals surface area (Å²) in [5.74, 6) is -1.44. The van der Waals surface area contributed by atoms with Gasteiger partial charge in [-0.1, -0.05) is 32.9 Å². The number of hydrogen-bond donors (Lipinski definition) is 2. The number of nitrogens with zero attached hydrogens (tertiary/aromatic N) is 1. The average molecular weight is 394 g/mol. The predicted octanol–water partition coefficient (Wildman–Crippen LogP) is 2.28. The molecule has 1 aromatic carbocycles. The number of halogens is 1. The zero-order chi connectivity index (χ0) is 21.1. The number of nitrogens with one attached hydrogen (secondary N) is 1. The van der Waals surface area contributed by atoms with Gasteiger partial charge >= 0.3 is 5.97 Å². The minimum Gasteiger partial charge on any atom is -0.468 e. The fourth-order valence-corrected chi connectivity index (χ4v) is 3.98. The lowest BCUT2D eigenvalue weighted by atomic mass is 9.86. The summed E-state index contributed by atoms with van der Waals surface area (Å²) in [7, 11) is 3.15. The Balaban J connectivity index is 2.39. The van der Waals surface area contributed by atoms with Crippen LogP contribution in [0.5, 0.6) is 0 Å². The van der Waals surface area contributed by atoms with Crippen LogP contribution in [0.3, 0.4) is 0 Å². The Morgan fingerprint density at radius 2 is 1.96 bits per heavy atom. The smallest absolute Gasteiger partial charge is 0.326 e. The quantitative estimate of drug-likeness (QED) is 0.694. The Morgan fingerprint density at radius 1 is 1.36 bits per heavy atom. The van der Waals surface area contributed by atoms with E-state index < -0.39 is 22.9 Å². The van der Waals surface area contributed by atoms with Gasteiger partial charge in [0.05, 0.1) is 13.0 Å². The Hall–Kier alpha value is -1.99. The molecule has 0 aliphatic carbocycles. The third kappa shape index (κ3) is 4.20. The molecule has 1 amide bonds. The molecule has 0 radical (unpaired) electrons. The van der Waals surface area contributed by atoms with Gasteiger partial charge < -0.3 is 15.2 Å². The highest BCUT2D eigenvalue weighted by atomic mass is 19.1. The number of amides is 1. The first-order valence-electron chi connectivity index (χ1n) is 9.57. The lowest BCUT2D eigenvalue weighted by Crippen LogP contribution is -2.49. The van der Waals surface area contributed by atoms with Gasteiger partial charge in [-0.15, -0.1) is 0 Å². The van der Waals surface area contributed by atoms with Crippen LogP contribution in [0, 0.1) is 17.2 Å². The Kier molecular flexibility index (Phi) is 6.83. The molecule has 6 nitrogen and oxygen atoms in total. The highest BCUT2D eigenvalue weighted by molar-refractivity contribution is 5.86. The van der Waals surface area contributed by atoms with E-state index in [4.69, 9.17) is 4.74 Å². The molecule has 1 heterocycles. The van der Waals surface area contributed by atoms with Crippen LogP contribution in [0.2, 0.25) is 0 Å². The van der Waals surface area contributed by atoms with Crippen molar-refractivity contribution >= 4 is 11.9 Å². The zero-order valence-corrected chi connectivity index (χ0v) is 17.3. The molecular formula is C21H31FN2O4. The summed E-state index contributed by atoms with van der Waals surface area (Å²) in [6, 6.07) is 5.63. The molecule has 0 saturated carbocycles. The first kappa shape index (κ1) is 22.3. The van der Waals surface area contributed by atoms with Crippen molar-refractivity contribution in [3.63, 3.8) is 0 Å². The van der Waals surface area contributed by atoms with Crippen LogP contribution in [0.15, 0.2) is 24.3 Å². The van der Waals surface area contributed by atoms with Crippen LogP contribution < -0.4 is 5.32 Å². The minimum absolute atomic E-state index is 0.0553. The molecule has 1 saturated heterocycles. The molecule has 1 aliphatic rings. The van der Waals surface area contributed by atoms with Gasteiger partial charge in [-0.2, -0.15) is 0 Å².